The van der Waals surface area contributed by atoms with Crippen molar-refractivity contribution in [3.05, 3.63) is 95.6 Å². The Balaban J connectivity index is 1.91. The van der Waals surface area contributed by atoms with Crippen molar-refractivity contribution in [3.63, 3.8) is 0 Å². The van der Waals surface area contributed by atoms with Crippen LogP contribution in [0.1, 0.15) is 47.5 Å². The molecule has 27 heavy (non-hydrogen) atoms. The summed E-state index contributed by atoms with van der Waals surface area (Å²) in [5, 5.41) is 9.93. The maximum Gasteiger partial charge on any atom is 0.345 e. The Morgan fingerprint density at radius 2 is 1.48 bits per heavy atom. The van der Waals surface area contributed by atoms with Gasteiger partial charge in [0.1, 0.15) is 17.1 Å². The van der Waals surface area contributed by atoms with Crippen LogP contribution in [0.2, 0.25) is 0 Å². The fourth-order valence-electron chi connectivity index (χ4n) is 2.76. The van der Waals surface area contributed by atoms with Gasteiger partial charge in [0.2, 0.25) is 0 Å². The average Bonchev–Trinajstić information content (AvgIpc) is 2.68. The summed E-state index contributed by atoms with van der Waals surface area (Å²) < 4.78 is 11.7. The second-order valence-electron chi connectivity index (χ2n) is 6.48. The number of phenolic OH excluding ortho intramolecular Hbond substituents is 1. The summed E-state index contributed by atoms with van der Waals surface area (Å²) in [4.78, 5) is 12.6. The highest BCUT2D eigenvalue weighted by Gasteiger charge is 2.22. The van der Waals surface area contributed by atoms with E-state index in [2.05, 4.69) is 13.8 Å². The first-order chi connectivity index (χ1) is 13.1. The van der Waals surface area contributed by atoms with Crippen LogP contribution in [0, 0.1) is 0 Å². The van der Waals surface area contributed by atoms with E-state index in [1.165, 1.54) is 12.1 Å². The number of aromatic hydroxyl groups is 1. The Hall–Kier alpha value is -3.27. The van der Waals surface area contributed by atoms with Crippen LogP contribution >= 0.6 is 0 Å². The van der Waals surface area contributed by atoms with Crippen LogP contribution < -0.4 is 4.74 Å². The van der Waals surface area contributed by atoms with Crippen LogP contribution in [0.5, 0.6) is 11.5 Å². The highest BCUT2D eigenvalue weighted by molar-refractivity contribution is 5.92. The molecule has 0 spiro atoms. The second kappa shape index (κ2) is 8.41. The van der Waals surface area contributed by atoms with Crippen LogP contribution in [-0.4, -0.2) is 11.1 Å². The molecule has 0 aliphatic rings. The number of benzene rings is 3. The first kappa shape index (κ1) is 18.5. The number of carbonyl (C=O) groups is 1. The van der Waals surface area contributed by atoms with E-state index >= 15 is 0 Å². The van der Waals surface area contributed by atoms with Gasteiger partial charge in [-0.15, -0.1) is 0 Å². The van der Waals surface area contributed by atoms with Gasteiger partial charge in [0.05, 0.1) is 0 Å². The second-order valence-corrected chi connectivity index (χ2v) is 6.48. The van der Waals surface area contributed by atoms with Gasteiger partial charge >= 0.3 is 5.97 Å². The summed E-state index contributed by atoms with van der Waals surface area (Å²) in [5.74, 6) is 0.138. The molecule has 0 saturated carbocycles. The van der Waals surface area contributed by atoms with Crippen LogP contribution in [0.25, 0.3) is 0 Å². The lowest BCUT2D eigenvalue weighted by atomic mass is 10.0. The third-order valence-corrected chi connectivity index (χ3v) is 4.18. The van der Waals surface area contributed by atoms with E-state index in [9.17, 15) is 9.90 Å². The van der Waals surface area contributed by atoms with Crippen molar-refractivity contribution < 1.29 is 19.4 Å². The van der Waals surface area contributed by atoms with E-state index in [0.29, 0.717) is 11.3 Å². The van der Waals surface area contributed by atoms with Crippen LogP contribution in [-0.2, 0) is 4.74 Å². The van der Waals surface area contributed by atoms with E-state index in [-0.39, 0.29) is 17.2 Å². The lowest BCUT2D eigenvalue weighted by molar-refractivity contribution is -0.0513. The number of hydrogen-bond acceptors (Lipinski definition) is 4. The van der Waals surface area contributed by atoms with Gasteiger partial charge in [0.15, 0.2) is 0 Å². The van der Waals surface area contributed by atoms with Gasteiger partial charge in [-0.05, 0) is 29.7 Å². The highest BCUT2D eigenvalue weighted by atomic mass is 16.7. The van der Waals surface area contributed by atoms with E-state index in [1.54, 1.807) is 12.1 Å². The molecule has 0 aliphatic heterocycles. The molecule has 0 amide bonds. The van der Waals surface area contributed by atoms with Crippen LogP contribution in [0.15, 0.2) is 78.9 Å². The van der Waals surface area contributed by atoms with Gasteiger partial charge < -0.3 is 14.6 Å². The largest absolute Gasteiger partial charge is 0.507 e. The molecular weight excluding hydrogens is 340 g/mol. The summed E-state index contributed by atoms with van der Waals surface area (Å²) in [7, 11) is 0. The number of para-hydroxylation sites is 2. The Labute approximate surface area is 159 Å². The third-order valence-electron chi connectivity index (χ3n) is 4.18. The summed E-state index contributed by atoms with van der Waals surface area (Å²) in [5.41, 5.74) is 1.83. The minimum atomic E-state index is -0.932. The molecule has 3 rings (SSSR count). The van der Waals surface area contributed by atoms with Crippen molar-refractivity contribution in [2.24, 2.45) is 0 Å². The molecule has 1 unspecified atom stereocenters. The monoisotopic (exact) mass is 362 g/mol. The number of hydrogen-bond donors (Lipinski definition) is 1. The molecule has 0 bridgehead atoms. The number of carbonyl (C=O) groups excluding carboxylic acids is 1. The molecule has 0 fully saturated rings. The number of rotatable bonds is 6. The fourth-order valence-corrected chi connectivity index (χ4v) is 2.76. The van der Waals surface area contributed by atoms with Gasteiger partial charge in [-0.2, -0.15) is 0 Å². The summed E-state index contributed by atoms with van der Waals surface area (Å²) in [6.45, 7) is 4.15. The van der Waals surface area contributed by atoms with Crippen molar-refractivity contribution in [3.8, 4) is 11.5 Å². The molecule has 0 saturated heterocycles. The minimum absolute atomic E-state index is 0.0965. The summed E-state index contributed by atoms with van der Waals surface area (Å²) >= 11 is 0. The molecule has 3 aromatic rings. The molecule has 0 heterocycles. The van der Waals surface area contributed by atoms with Crippen molar-refractivity contribution >= 4 is 5.97 Å². The number of ether oxygens (including phenoxy) is 2. The van der Waals surface area contributed by atoms with E-state index in [1.807, 2.05) is 54.6 Å². The smallest absolute Gasteiger partial charge is 0.345 e. The summed E-state index contributed by atoms with van der Waals surface area (Å²) in [6, 6.07) is 23.2. The predicted molar refractivity (Wildman–Crippen MR) is 104 cm³/mol. The van der Waals surface area contributed by atoms with Crippen molar-refractivity contribution in [2.45, 2.75) is 26.1 Å². The SMILES string of the molecule is CC(C)c1ccccc1OC(OC(=O)c1ccccc1O)c1ccccc1. The van der Waals surface area contributed by atoms with Crippen molar-refractivity contribution in [1.29, 1.82) is 0 Å². The lowest BCUT2D eigenvalue weighted by Crippen LogP contribution is -2.18. The molecule has 0 radical (unpaired) electrons. The Kier molecular flexibility index (Phi) is 5.77. The lowest BCUT2D eigenvalue weighted by Gasteiger charge is -2.22. The number of esters is 1. The molecule has 4 heteroatoms. The van der Waals surface area contributed by atoms with E-state index < -0.39 is 12.3 Å². The Morgan fingerprint density at radius 1 is 0.852 bits per heavy atom. The molecule has 3 aromatic carbocycles. The Bertz CT molecular complexity index is 903. The molecule has 138 valence electrons. The zero-order chi connectivity index (χ0) is 19.2. The van der Waals surface area contributed by atoms with E-state index in [4.69, 9.17) is 9.47 Å². The standard InChI is InChI=1S/C23H22O4/c1-16(2)18-12-7-9-15-21(18)26-23(17-10-4-3-5-11-17)27-22(25)19-13-6-8-14-20(19)24/h3-16,23-24H,1-2H3. The quantitative estimate of drug-likeness (QED) is 0.468. The summed E-state index contributed by atoms with van der Waals surface area (Å²) in [6.07, 6.45) is -0.932. The van der Waals surface area contributed by atoms with Crippen molar-refractivity contribution in [2.75, 3.05) is 0 Å². The molecule has 0 aromatic heterocycles. The highest BCUT2D eigenvalue weighted by Crippen LogP contribution is 2.31. The predicted octanol–water partition coefficient (Wildman–Crippen LogP) is 5.45. The zero-order valence-corrected chi connectivity index (χ0v) is 15.3. The molecule has 0 aliphatic carbocycles. The first-order valence-electron chi connectivity index (χ1n) is 8.85. The maximum absolute atomic E-state index is 12.6. The first-order valence-corrected chi connectivity index (χ1v) is 8.85. The average molecular weight is 362 g/mol. The molecule has 4 nitrogen and oxygen atoms in total. The van der Waals surface area contributed by atoms with Gasteiger partial charge in [0.25, 0.3) is 6.29 Å². The molecule has 1 N–H and O–H groups in total. The van der Waals surface area contributed by atoms with Crippen LogP contribution in [0.4, 0.5) is 0 Å². The zero-order valence-electron chi connectivity index (χ0n) is 15.3. The molecule has 1 atom stereocenters. The van der Waals surface area contributed by atoms with Crippen molar-refractivity contribution in [1.82, 2.24) is 0 Å². The maximum atomic E-state index is 12.6. The third kappa shape index (κ3) is 4.47. The van der Waals surface area contributed by atoms with Gasteiger partial charge in [-0.1, -0.05) is 74.5 Å². The minimum Gasteiger partial charge on any atom is -0.507 e. The number of phenols is 1. The Morgan fingerprint density at radius 3 is 2.19 bits per heavy atom. The van der Waals surface area contributed by atoms with Gasteiger partial charge in [0, 0.05) is 5.56 Å². The van der Waals surface area contributed by atoms with Crippen LogP contribution in [0.3, 0.4) is 0 Å². The fraction of sp³-hybridized carbons (Fsp3) is 0.174. The topological polar surface area (TPSA) is 55.8 Å². The van der Waals surface area contributed by atoms with Gasteiger partial charge in [-0.3, -0.25) is 0 Å². The van der Waals surface area contributed by atoms with Gasteiger partial charge in [-0.25, -0.2) is 4.79 Å². The molecular formula is C23H22O4. The normalized spacial score (nSPS) is 11.8. The van der Waals surface area contributed by atoms with E-state index in [0.717, 1.165) is 5.56 Å².